The van der Waals surface area contributed by atoms with E-state index in [0.717, 1.165) is 0 Å². The van der Waals surface area contributed by atoms with Crippen molar-refractivity contribution in [3.05, 3.63) is 39.0 Å². The lowest BCUT2D eigenvalue weighted by molar-refractivity contribution is 0.505. The molecule has 15 heavy (non-hydrogen) atoms. The lowest BCUT2D eigenvalue weighted by Crippen LogP contribution is -2.21. The SMILES string of the molecule is CC(NC(C)c1cncs1)c1cccs1. The van der Waals surface area contributed by atoms with Crippen LogP contribution in [0.15, 0.2) is 29.2 Å². The van der Waals surface area contributed by atoms with Crippen LogP contribution in [-0.4, -0.2) is 4.98 Å². The molecule has 0 radical (unpaired) electrons. The first-order chi connectivity index (χ1) is 7.27. The fourth-order valence-electron chi connectivity index (χ4n) is 1.52. The Morgan fingerprint density at radius 3 is 2.60 bits per heavy atom. The fraction of sp³-hybridized carbons (Fsp3) is 0.364. The van der Waals surface area contributed by atoms with Crippen LogP contribution in [0.3, 0.4) is 0 Å². The monoisotopic (exact) mass is 238 g/mol. The third-order valence-corrected chi connectivity index (χ3v) is 4.36. The van der Waals surface area contributed by atoms with Crippen molar-refractivity contribution in [3.8, 4) is 0 Å². The van der Waals surface area contributed by atoms with Gasteiger partial charge < -0.3 is 5.32 Å². The Bertz CT molecular complexity index is 342. The van der Waals surface area contributed by atoms with Gasteiger partial charge in [0, 0.05) is 28.0 Å². The number of hydrogen-bond acceptors (Lipinski definition) is 4. The molecule has 2 atom stereocenters. The van der Waals surface area contributed by atoms with Crippen molar-refractivity contribution in [2.45, 2.75) is 25.9 Å². The fourth-order valence-corrected chi connectivity index (χ4v) is 2.90. The normalized spacial score (nSPS) is 15.1. The number of nitrogens with zero attached hydrogens (tertiary/aromatic N) is 1. The first-order valence-electron chi connectivity index (χ1n) is 4.95. The lowest BCUT2D eigenvalue weighted by atomic mass is 10.2. The second-order valence-corrected chi connectivity index (χ2v) is 5.43. The Kier molecular flexibility index (Phi) is 3.51. The largest absolute Gasteiger partial charge is 0.302 e. The van der Waals surface area contributed by atoms with Crippen molar-refractivity contribution in [3.63, 3.8) is 0 Å². The number of rotatable bonds is 4. The van der Waals surface area contributed by atoms with Gasteiger partial charge in [0.25, 0.3) is 0 Å². The zero-order valence-corrected chi connectivity index (χ0v) is 10.4. The number of hydrogen-bond donors (Lipinski definition) is 1. The molecule has 2 nitrogen and oxygen atoms in total. The molecule has 2 unspecified atom stereocenters. The Morgan fingerprint density at radius 2 is 2.00 bits per heavy atom. The summed E-state index contributed by atoms with van der Waals surface area (Å²) >= 11 is 3.50. The van der Waals surface area contributed by atoms with E-state index in [9.17, 15) is 0 Å². The average Bonchev–Trinajstić information content (AvgIpc) is 2.91. The molecule has 2 heterocycles. The van der Waals surface area contributed by atoms with Crippen LogP contribution in [0.25, 0.3) is 0 Å². The summed E-state index contributed by atoms with van der Waals surface area (Å²) in [5.74, 6) is 0. The van der Waals surface area contributed by atoms with Gasteiger partial charge >= 0.3 is 0 Å². The maximum Gasteiger partial charge on any atom is 0.0794 e. The highest BCUT2D eigenvalue weighted by Crippen LogP contribution is 2.23. The Morgan fingerprint density at radius 1 is 1.20 bits per heavy atom. The van der Waals surface area contributed by atoms with E-state index in [1.165, 1.54) is 9.75 Å². The second kappa shape index (κ2) is 4.88. The van der Waals surface area contributed by atoms with E-state index in [0.29, 0.717) is 12.1 Å². The van der Waals surface area contributed by atoms with Crippen LogP contribution in [-0.2, 0) is 0 Å². The molecule has 80 valence electrons. The standard InChI is InChI=1S/C11H14N2S2/c1-8(10-4-3-5-14-10)13-9(2)11-6-12-7-15-11/h3-9,13H,1-2H3. The molecule has 2 rings (SSSR count). The van der Waals surface area contributed by atoms with E-state index in [-0.39, 0.29) is 0 Å². The van der Waals surface area contributed by atoms with Gasteiger partial charge in [0.05, 0.1) is 5.51 Å². The van der Waals surface area contributed by atoms with Gasteiger partial charge in [0.15, 0.2) is 0 Å². The molecule has 0 saturated heterocycles. The third-order valence-electron chi connectivity index (χ3n) is 2.35. The van der Waals surface area contributed by atoms with Crippen LogP contribution in [0.5, 0.6) is 0 Å². The highest BCUT2D eigenvalue weighted by molar-refractivity contribution is 7.10. The minimum atomic E-state index is 0.370. The molecular weight excluding hydrogens is 224 g/mol. The van der Waals surface area contributed by atoms with E-state index in [1.807, 2.05) is 11.7 Å². The van der Waals surface area contributed by atoms with Crippen molar-refractivity contribution in [1.82, 2.24) is 10.3 Å². The minimum Gasteiger partial charge on any atom is -0.302 e. The van der Waals surface area contributed by atoms with Gasteiger partial charge in [-0.3, -0.25) is 4.98 Å². The van der Waals surface area contributed by atoms with Crippen LogP contribution in [0.4, 0.5) is 0 Å². The van der Waals surface area contributed by atoms with Crippen molar-refractivity contribution < 1.29 is 0 Å². The lowest BCUT2D eigenvalue weighted by Gasteiger charge is -2.17. The summed E-state index contributed by atoms with van der Waals surface area (Å²) in [5, 5.41) is 5.68. The highest BCUT2D eigenvalue weighted by atomic mass is 32.1. The molecule has 0 amide bonds. The predicted molar refractivity (Wildman–Crippen MR) is 66.4 cm³/mol. The van der Waals surface area contributed by atoms with Gasteiger partial charge in [-0.25, -0.2) is 0 Å². The van der Waals surface area contributed by atoms with E-state index in [2.05, 4.69) is 41.7 Å². The van der Waals surface area contributed by atoms with E-state index >= 15 is 0 Å². The number of thiazole rings is 1. The predicted octanol–water partition coefficient (Wildman–Crippen LogP) is 3.62. The maximum absolute atomic E-state index is 4.09. The molecular formula is C11H14N2S2. The van der Waals surface area contributed by atoms with Crippen LogP contribution < -0.4 is 5.32 Å². The quantitative estimate of drug-likeness (QED) is 0.880. The summed E-state index contributed by atoms with van der Waals surface area (Å²) in [4.78, 5) is 6.77. The van der Waals surface area contributed by atoms with Gasteiger partial charge in [-0.05, 0) is 25.3 Å². The second-order valence-electron chi connectivity index (χ2n) is 3.53. The third kappa shape index (κ3) is 2.65. The maximum atomic E-state index is 4.09. The summed E-state index contributed by atoms with van der Waals surface area (Å²) in [6.07, 6.45) is 1.93. The molecule has 4 heteroatoms. The first kappa shape index (κ1) is 10.8. The van der Waals surface area contributed by atoms with Gasteiger partial charge in [0.2, 0.25) is 0 Å². The summed E-state index contributed by atoms with van der Waals surface area (Å²) in [5.41, 5.74) is 1.88. The van der Waals surface area contributed by atoms with Gasteiger partial charge in [-0.1, -0.05) is 6.07 Å². The minimum absolute atomic E-state index is 0.370. The molecule has 0 fully saturated rings. The smallest absolute Gasteiger partial charge is 0.0794 e. The van der Waals surface area contributed by atoms with Crippen molar-refractivity contribution in [1.29, 1.82) is 0 Å². The summed E-state index contributed by atoms with van der Waals surface area (Å²) in [7, 11) is 0. The zero-order chi connectivity index (χ0) is 10.7. The van der Waals surface area contributed by atoms with E-state index < -0.39 is 0 Å². The van der Waals surface area contributed by atoms with Crippen LogP contribution >= 0.6 is 22.7 Å². The Hall–Kier alpha value is -0.710. The molecule has 0 aromatic carbocycles. The topological polar surface area (TPSA) is 24.9 Å². The average molecular weight is 238 g/mol. The van der Waals surface area contributed by atoms with Crippen LogP contribution in [0.2, 0.25) is 0 Å². The summed E-state index contributed by atoms with van der Waals surface area (Å²) in [6.45, 7) is 4.38. The van der Waals surface area contributed by atoms with Gasteiger partial charge in [-0.2, -0.15) is 0 Å². The Labute approximate surface area is 98.0 Å². The highest BCUT2D eigenvalue weighted by Gasteiger charge is 2.12. The van der Waals surface area contributed by atoms with Gasteiger partial charge in [0.1, 0.15) is 0 Å². The molecule has 0 aliphatic heterocycles. The first-order valence-corrected chi connectivity index (χ1v) is 6.71. The summed E-state index contributed by atoms with van der Waals surface area (Å²) in [6, 6.07) is 5.04. The number of thiophene rings is 1. The number of aromatic nitrogens is 1. The van der Waals surface area contributed by atoms with Crippen LogP contribution in [0.1, 0.15) is 35.7 Å². The van der Waals surface area contributed by atoms with E-state index in [4.69, 9.17) is 0 Å². The molecule has 0 bridgehead atoms. The molecule has 0 saturated carbocycles. The molecule has 1 N–H and O–H groups in total. The molecule has 0 aliphatic carbocycles. The van der Waals surface area contributed by atoms with Gasteiger partial charge in [-0.15, -0.1) is 22.7 Å². The molecule has 0 aliphatic rings. The number of nitrogens with one attached hydrogen (secondary N) is 1. The van der Waals surface area contributed by atoms with Crippen molar-refractivity contribution in [2.24, 2.45) is 0 Å². The summed E-state index contributed by atoms with van der Waals surface area (Å²) < 4.78 is 0. The van der Waals surface area contributed by atoms with E-state index in [1.54, 1.807) is 22.7 Å². The Balaban J connectivity index is 1.98. The van der Waals surface area contributed by atoms with Crippen molar-refractivity contribution >= 4 is 22.7 Å². The molecule has 2 aromatic heterocycles. The van der Waals surface area contributed by atoms with Crippen molar-refractivity contribution in [2.75, 3.05) is 0 Å². The molecule has 0 spiro atoms. The molecule has 2 aromatic rings. The zero-order valence-electron chi connectivity index (χ0n) is 8.81. The van der Waals surface area contributed by atoms with Crippen LogP contribution in [0, 0.1) is 0 Å².